The van der Waals surface area contributed by atoms with Crippen molar-refractivity contribution in [1.29, 1.82) is 0 Å². The Hall–Kier alpha value is 0.520. The van der Waals surface area contributed by atoms with E-state index >= 15 is 0 Å². The van der Waals surface area contributed by atoms with Crippen LogP contribution < -0.4 is 0 Å². The molecule has 1 saturated heterocycles. The summed E-state index contributed by atoms with van der Waals surface area (Å²) in [5, 5.41) is 0.846. The predicted octanol–water partition coefficient (Wildman–Crippen LogP) is 0.873. The summed E-state index contributed by atoms with van der Waals surface area (Å²) in [6.07, 6.45) is 0. The molecule has 7 heteroatoms. The lowest BCUT2D eigenvalue weighted by Crippen LogP contribution is -1.97. The molecule has 0 spiro atoms. The van der Waals surface area contributed by atoms with Crippen LogP contribution in [0.15, 0.2) is 4.76 Å². The summed E-state index contributed by atoms with van der Waals surface area (Å²) in [6, 6.07) is 0. The van der Waals surface area contributed by atoms with E-state index in [1.54, 1.807) is 0 Å². The Kier molecular flexibility index (Phi) is 2.23. The Bertz CT molecular complexity index is 180. The van der Waals surface area contributed by atoms with E-state index < -0.39 is 7.75 Å². The zero-order valence-electron chi connectivity index (χ0n) is 4.22. The topological polar surface area (TPSA) is 69.9 Å². The largest absolute Gasteiger partial charge is 0.450 e. The normalized spacial score (nSPS) is 19.1. The number of rotatable bonds is 1. The van der Waals surface area contributed by atoms with Crippen LogP contribution in [0.1, 0.15) is 0 Å². The van der Waals surface area contributed by atoms with Crippen LogP contribution in [0.25, 0.3) is 0 Å². The summed E-state index contributed by atoms with van der Waals surface area (Å²) < 4.78 is 13.7. The van der Waals surface area contributed by atoms with E-state index in [9.17, 15) is 4.57 Å². The molecule has 0 unspecified atom stereocenters. The molecule has 0 aliphatic carbocycles. The third-order valence-electron chi connectivity index (χ3n) is 0.577. The minimum absolute atomic E-state index is 0.489. The lowest BCUT2D eigenvalue weighted by molar-refractivity contribution is 0.375. The fraction of sp³-hybridized carbons (Fsp3) is 0.500. The highest BCUT2D eigenvalue weighted by Gasteiger charge is 2.18. The van der Waals surface area contributed by atoms with Crippen LogP contribution in [-0.4, -0.2) is 19.2 Å². The van der Waals surface area contributed by atoms with Gasteiger partial charge in [-0.25, -0.2) is 4.57 Å². The standard InChI is InChI=1S/C2H4NO3PS2/c4-7(5,6)3-2-8-1-9-2/h1H2,(H2,4,5,6). The molecule has 4 nitrogen and oxygen atoms in total. The van der Waals surface area contributed by atoms with Crippen molar-refractivity contribution in [3.8, 4) is 0 Å². The Morgan fingerprint density at radius 1 is 1.56 bits per heavy atom. The van der Waals surface area contributed by atoms with Gasteiger partial charge in [0.2, 0.25) is 0 Å². The molecule has 0 aromatic rings. The van der Waals surface area contributed by atoms with Gasteiger partial charge in [0, 0.05) is 0 Å². The molecule has 0 bridgehead atoms. The van der Waals surface area contributed by atoms with Crippen molar-refractivity contribution < 1.29 is 14.4 Å². The molecular formula is C2H4NO3PS2. The maximum absolute atomic E-state index is 10.1. The minimum atomic E-state index is -4.14. The van der Waals surface area contributed by atoms with Gasteiger partial charge >= 0.3 is 7.75 Å². The van der Waals surface area contributed by atoms with Crippen LogP contribution in [0.2, 0.25) is 0 Å². The summed E-state index contributed by atoms with van der Waals surface area (Å²) in [4.78, 5) is 16.5. The highest BCUT2D eigenvalue weighted by atomic mass is 32.3. The van der Waals surface area contributed by atoms with Gasteiger partial charge in [-0.3, -0.25) is 0 Å². The summed E-state index contributed by atoms with van der Waals surface area (Å²) in [7, 11) is -4.14. The highest BCUT2D eigenvalue weighted by Crippen LogP contribution is 2.43. The van der Waals surface area contributed by atoms with Crippen molar-refractivity contribution in [3.63, 3.8) is 0 Å². The maximum Gasteiger partial charge on any atom is 0.450 e. The second-order valence-corrected chi connectivity index (χ2v) is 5.06. The molecule has 1 heterocycles. The van der Waals surface area contributed by atoms with Crippen LogP contribution >= 0.6 is 31.3 Å². The molecule has 0 amide bonds. The zero-order valence-corrected chi connectivity index (χ0v) is 6.75. The molecule has 0 aromatic heterocycles. The van der Waals surface area contributed by atoms with E-state index in [1.807, 2.05) is 0 Å². The van der Waals surface area contributed by atoms with Gasteiger partial charge in [0.05, 0.1) is 5.08 Å². The van der Waals surface area contributed by atoms with Crippen LogP contribution in [0.5, 0.6) is 0 Å². The zero-order chi connectivity index (χ0) is 6.91. The van der Waals surface area contributed by atoms with E-state index in [-0.39, 0.29) is 0 Å². The number of thioether (sulfide) groups is 2. The van der Waals surface area contributed by atoms with E-state index in [2.05, 4.69) is 4.76 Å². The molecule has 0 aromatic carbocycles. The Morgan fingerprint density at radius 3 is 2.22 bits per heavy atom. The van der Waals surface area contributed by atoms with E-state index in [1.165, 1.54) is 23.5 Å². The lowest BCUT2D eigenvalue weighted by Gasteiger charge is -2.12. The van der Waals surface area contributed by atoms with Gasteiger partial charge in [-0.15, -0.1) is 0 Å². The monoisotopic (exact) mass is 185 g/mol. The first-order valence-corrected chi connectivity index (χ1v) is 5.53. The van der Waals surface area contributed by atoms with Crippen molar-refractivity contribution in [2.75, 3.05) is 5.08 Å². The summed E-state index contributed by atoms with van der Waals surface area (Å²) >= 11 is 2.71. The fourth-order valence-corrected chi connectivity index (χ4v) is 2.48. The maximum atomic E-state index is 10.1. The van der Waals surface area contributed by atoms with Crippen molar-refractivity contribution in [3.05, 3.63) is 0 Å². The summed E-state index contributed by atoms with van der Waals surface area (Å²) in [6.45, 7) is 0. The van der Waals surface area contributed by atoms with Gasteiger partial charge in [0.15, 0.2) is 0 Å². The van der Waals surface area contributed by atoms with Gasteiger partial charge in [0.1, 0.15) is 4.38 Å². The van der Waals surface area contributed by atoms with Gasteiger partial charge in [-0.2, -0.15) is 4.76 Å². The Balaban J connectivity index is 2.57. The second-order valence-electron chi connectivity index (χ2n) is 1.29. The SMILES string of the molecule is O=P(O)(O)N=C1SCS1. The number of nitrogens with zero attached hydrogens (tertiary/aromatic N) is 1. The van der Waals surface area contributed by atoms with Crippen LogP contribution in [0.4, 0.5) is 0 Å². The van der Waals surface area contributed by atoms with Gasteiger partial charge < -0.3 is 9.79 Å². The number of hydrogen-bond donors (Lipinski definition) is 2. The molecule has 0 saturated carbocycles. The molecule has 1 fully saturated rings. The number of hydrogen-bond acceptors (Lipinski definition) is 3. The average Bonchev–Trinajstić information content (AvgIpc) is 1.53. The molecule has 1 aliphatic rings. The van der Waals surface area contributed by atoms with Crippen molar-refractivity contribution in [1.82, 2.24) is 0 Å². The second kappa shape index (κ2) is 2.64. The fourth-order valence-electron chi connectivity index (χ4n) is 0.276. The molecular weight excluding hydrogens is 181 g/mol. The predicted molar refractivity (Wildman–Crippen MR) is 39.5 cm³/mol. The summed E-state index contributed by atoms with van der Waals surface area (Å²) in [5.41, 5.74) is 0. The lowest BCUT2D eigenvalue weighted by atomic mass is 11.7. The third-order valence-corrected chi connectivity index (χ3v) is 3.63. The molecule has 0 radical (unpaired) electrons. The Labute approximate surface area is 60.3 Å². The third kappa shape index (κ3) is 2.73. The first kappa shape index (κ1) is 7.63. The molecule has 2 N–H and O–H groups in total. The average molecular weight is 185 g/mol. The smallest absolute Gasteiger partial charge is 0.307 e. The molecule has 52 valence electrons. The molecule has 0 atom stereocenters. The van der Waals surface area contributed by atoms with E-state index in [0.29, 0.717) is 4.38 Å². The molecule has 1 rings (SSSR count). The first-order chi connectivity index (χ1) is 4.08. The van der Waals surface area contributed by atoms with Crippen molar-refractivity contribution >= 4 is 35.6 Å². The summed E-state index contributed by atoms with van der Waals surface area (Å²) in [5.74, 6) is 0. The van der Waals surface area contributed by atoms with Gasteiger partial charge in [0.25, 0.3) is 0 Å². The first-order valence-electron chi connectivity index (χ1n) is 1.99. The highest BCUT2D eigenvalue weighted by molar-refractivity contribution is 8.52. The molecule has 9 heavy (non-hydrogen) atoms. The van der Waals surface area contributed by atoms with Crippen LogP contribution in [0.3, 0.4) is 0 Å². The van der Waals surface area contributed by atoms with Crippen molar-refractivity contribution in [2.24, 2.45) is 4.76 Å². The van der Waals surface area contributed by atoms with E-state index in [0.717, 1.165) is 5.08 Å². The molecule has 1 aliphatic heterocycles. The quantitative estimate of drug-likeness (QED) is 0.593. The van der Waals surface area contributed by atoms with Gasteiger partial charge in [-0.05, 0) is 0 Å². The van der Waals surface area contributed by atoms with Crippen LogP contribution in [-0.2, 0) is 4.57 Å². The van der Waals surface area contributed by atoms with Gasteiger partial charge in [-0.1, -0.05) is 23.5 Å². The van der Waals surface area contributed by atoms with Crippen LogP contribution in [0, 0.1) is 0 Å². The minimum Gasteiger partial charge on any atom is -0.307 e. The van der Waals surface area contributed by atoms with E-state index in [4.69, 9.17) is 9.79 Å². The van der Waals surface area contributed by atoms with Crippen molar-refractivity contribution in [2.45, 2.75) is 0 Å². The Morgan fingerprint density at radius 2 is 2.11 bits per heavy atom.